The summed E-state index contributed by atoms with van der Waals surface area (Å²) in [4.78, 5) is 0. The molecule has 0 aromatic heterocycles. The van der Waals surface area contributed by atoms with Crippen molar-refractivity contribution < 1.29 is 4.39 Å². The Labute approximate surface area is 124 Å². The van der Waals surface area contributed by atoms with Gasteiger partial charge in [0.1, 0.15) is 5.82 Å². The maximum Gasteiger partial charge on any atom is 0.123 e. The summed E-state index contributed by atoms with van der Waals surface area (Å²) in [6.07, 6.45) is 10.4. The largest absolute Gasteiger partial charge is 0.310 e. The molecular formula is C18H30FN. The van der Waals surface area contributed by atoms with Crippen molar-refractivity contribution in [3.05, 3.63) is 35.6 Å². The first-order valence-corrected chi connectivity index (χ1v) is 8.26. The number of rotatable bonds is 11. The molecule has 1 aromatic carbocycles. The zero-order valence-electron chi connectivity index (χ0n) is 13.1. The first kappa shape index (κ1) is 17.2. The Hall–Kier alpha value is -0.890. The summed E-state index contributed by atoms with van der Waals surface area (Å²) in [7, 11) is 0. The molecule has 0 aliphatic heterocycles. The summed E-state index contributed by atoms with van der Waals surface area (Å²) in [6, 6.07) is 7.30. The predicted octanol–water partition coefficient (Wildman–Crippen LogP) is 5.62. The highest BCUT2D eigenvalue weighted by molar-refractivity contribution is 5.20. The van der Waals surface area contributed by atoms with Gasteiger partial charge in [0.2, 0.25) is 0 Å². The lowest BCUT2D eigenvalue weighted by molar-refractivity contribution is 0.473. The van der Waals surface area contributed by atoms with Crippen LogP contribution in [0.2, 0.25) is 0 Å². The van der Waals surface area contributed by atoms with Crippen LogP contribution in [0.1, 0.15) is 76.8 Å². The molecule has 0 aliphatic carbocycles. The number of nitrogens with one attached hydrogen (secondary N) is 1. The fraction of sp³-hybridized carbons (Fsp3) is 0.667. The van der Waals surface area contributed by atoms with Crippen LogP contribution in [-0.2, 0) is 0 Å². The average molecular weight is 279 g/mol. The minimum Gasteiger partial charge on any atom is -0.310 e. The van der Waals surface area contributed by atoms with E-state index in [1.807, 2.05) is 6.07 Å². The Kier molecular flexibility index (Phi) is 9.31. The lowest BCUT2D eigenvalue weighted by Gasteiger charge is -2.18. The highest BCUT2D eigenvalue weighted by atomic mass is 19.1. The Bertz CT molecular complexity index is 351. The summed E-state index contributed by atoms with van der Waals surface area (Å²) in [5.74, 6) is -0.134. The molecular weight excluding hydrogens is 249 g/mol. The van der Waals surface area contributed by atoms with Crippen molar-refractivity contribution in [3.8, 4) is 0 Å². The van der Waals surface area contributed by atoms with Crippen LogP contribution in [-0.4, -0.2) is 6.54 Å². The molecule has 0 bridgehead atoms. The summed E-state index contributed by atoms with van der Waals surface area (Å²) in [6.45, 7) is 5.29. The predicted molar refractivity (Wildman–Crippen MR) is 85.4 cm³/mol. The molecule has 20 heavy (non-hydrogen) atoms. The molecule has 0 spiro atoms. The van der Waals surface area contributed by atoms with Crippen molar-refractivity contribution in [2.24, 2.45) is 0 Å². The number of unbranched alkanes of at least 4 members (excludes halogenated alkanes) is 6. The molecule has 0 heterocycles. The Morgan fingerprint density at radius 3 is 2.35 bits per heavy atom. The third-order valence-corrected chi connectivity index (χ3v) is 3.80. The maximum absolute atomic E-state index is 13.3. The molecule has 0 fully saturated rings. The first-order chi connectivity index (χ1) is 9.77. The van der Waals surface area contributed by atoms with E-state index in [1.54, 1.807) is 12.1 Å². The van der Waals surface area contributed by atoms with Crippen LogP contribution >= 0.6 is 0 Å². The molecule has 2 heteroatoms. The lowest BCUT2D eigenvalue weighted by Crippen LogP contribution is -2.20. The Morgan fingerprint density at radius 2 is 1.70 bits per heavy atom. The maximum atomic E-state index is 13.3. The van der Waals surface area contributed by atoms with E-state index in [0.717, 1.165) is 18.5 Å². The number of hydrogen-bond acceptors (Lipinski definition) is 1. The molecule has 1 N–H and O–H groups in total. The van der Waals surface area contributed by atoms with Crippen molar-refractivity contribution in [2.75, 3.05) is 6.54 Å². The van der Waals surface area contributed by atoms with Gasteiger partial charge in [0.15, 0.2) is 0 Å². The van der Waals surface area contributed by atoms with Gasteiger partial charge in [-0.3, -0.25) is 0 Å². The molecule has 0 radical (unpaired) electrons. The van der Waals surface area contributed by atoms with Gasteiger partial charge in [0, 0.05) is 6.04 Å². The zero-order chi connectivity index (χ0) is 14.6. The molecule has 0 aliphatic rings. The van der Waals surface area contributed by atoms with Gasteiger partial charge in [0.25, 0.3) is 0 Å². The van der Waals surface area contributed by atoms with Crippen LogP contribution in [0.15, 0.2) is 24.3 Å². The van der Waals surface area contributed by atoms with Gasteiger partial charge in [-0.05, 0) is 30.7 Å². The lowest BCUT2D eigenvalue weighted by atomic mass is 9.99. The van der Waals surface area contributed by atoms with Crippen molar-refractivity contribution in [1.82, 2.24) is 5.32 Å². The molecule has 1 unspecified atom stereocenters. The number of benzene rings is 1. The first-order valence-electron chi connectivity index (χ1n) is 8.26. The van der Waals surface area contributed by atoms with E-state index in [-0.39, 0.29) is 5.82 Å². The summed E-state index contributed by atoms with van der Waals surface area (Å²) in [5, 5.41) is 3.47. The summed E-state index contributed by atoms with van der Waals surface area (Å²) < 4.78 is 13.3. The molecule has 1 aromatic rings. The van der Waals surface area contributed by atoms with Crippen LogP contribution in [0.4, 0.5) is 4.39 Å². The second-order valence-corrected chi connectivity index (χ2v) is 5.58. The average Bonchev–Trinajstić information content (AvgIpc) is 2.45. The van der Waals surface area contributed by atoms with E-state index >= 15 is 0 Å². The Morgan fingerprint density at radius 1 is 1.00 bits per heavy atom. The second kappa shape index (κ2) is 10.8. The van der Waals surface area contributed by atoms with E-state index in [1.165, 1.54) is 51.0 Å². The molecule has 0 amide bonds. The third-order valence-electron chi connectivity index (χ3n) is 3.80. The number of hydrogen-bond donors (Lipinski definition) is 1. The van der Waals surface area contributed by atoms with Crippen LogP contribution < -0.4 is 5.32 Å². The summed E-state index contributed by atoms with van der Waals surface area (Å²) in [5.41, 5.74) is 1.08. The smallest absolute Gasteiger partial charge is 0.123 e. The third kappa shape index (κ3) is 7.04. The van der Waals surface area contributed by atoms with Crippen molar-refractivity contribution >= 4 is 0 Å². The van der Waals surface area contributed by atoms with E-state index in [4.69, 9.17) is 0 Å². The van der Waals surface area contributed by atoms with Gasteiger partial charge in [-0.1, -0.05) is 70.9 Å². The van der Waals surface area contributed by atoms with Gasteiger partial charge >= 0.3 is 0 Å². The Balaban J connectivity index is 2.29. The van der Waals surface area contributed by atoms with E-state index in [2.05, 4.69) is 19.2 Å². The molecule has 0 saturated heterocycles. The number of halogens is 1. The molecule has 1 atom stereocenters. The highest BCUT2D eigenvalue weighted by Crippen LogP contribution is 2.21. The fourth-order valence-corrected chi connectivity index (χ4v) is 2.66. The van der Waals surface area contributed by atoms with E-state index in [9.17, 15) is 4.39 Å². The molecule has 114 valence electrons. The van der Waals surface area contributed by atoms with Crippen molar-refractivity contribution in [1.29, 1.82) is 0 Å². The summed E-state index contributed by atoms with van der Waals surface area (Å²) >= 11 is 0. The van der Waals surface area contributed by atoms with Crippen LogP contribution in [0.3, 0.4) is 0 Å². The normalized spacial score (nSPS) is 12.6. The van der Waals surface area contributed by atoms with Crippen LogP contribution in [0, 0.1) is 5.82 Å². The zero-order valence-corrected chi connectivity index (χ0v) is 13.1. The van der Waals surface area contributed by atoms with E-state index in [0.29, 0.717) is 6.04 Å². The topological polar surface area (TPSA) is 12.0 Å². The van der Waals surface area contributed by atoms with E-state index < -0.39 is 0 Å². The minimum absolute atomic E-state index is 0.134. The van der Waals surface area contributed by atoms with Crippen LogP contribution in [0.25, 0.3) is 0 Å². The molecule has 1 rings (SSSR count). The van der Waals surface area contributed by atoms with Gasteiger partial charge in [-0.15, -0.1) is 0 Å². The standard InChI is InChI=1S/C18H30FN/c1-3-5-6-7-8-9-10-14-18(20-4-2)16-12-11-13-17(19)15-16/h11-13,15,18,20H,3-10,14H2,1-2H3. The van der Waals surface area contributed by atoms with Crippen LogP contribution in [0.5, 0.6) is 0 Å². The van der Waals surface area contributed by atoms with Gasteiger partial charge in [-0.2, -0.15) is 0 Å². The van der Waals surface area contributed by atoms with Gasteiger partial charge in [-0.25, -0.2) is 4.39 Å². The fourth-order valence-electron chi connectivity index (χ4n) is 2.66. The minimum atomic E-state index is -0.134. The van der Waals surface area contributed by atoms with Gasteiger partial charge in [0.05, 0.1) is 0 Å². The SMILES string of the molecule is CCCCCCCCCC(NCC)c1cccc(F)c1. The highest BCUT2D eigenvalue weighted by Gasteiger charge is 2.10. The van der Waals surface area contributed by atoms with Crippen molar-refractivity contribution in [3.63, 3.8) is 0 Å². The van der Waals surface area contributed by atoms with Gasteiger partial charge < -0.3 is 5.32 Å². The second-order valence-electron chi connectivity index (χ2n) is 5.58. The monoisotopic (exact) mass is 279 g/mol. The molecule has 0 saturated carbocycles. The van der Waals surface area contributed by atoms with Crippen molar-refractivity contribution in [2.45, 2.75) is 71.3 Å². The molecule has 1 nitrogen and oxygen atoms in total. The quantitative estimate of drug-likeness (QED) is 0.519.